The summed E-state index contributed by atoms with van der Waals surface area (Å²) in [5.41, 5.74) is 0.795. The monoisotopic (exact) mass is 259 g/mol. The number of ether oxygens (including phenoxy) is 2. The minimum absolute atomic E-state index is 0.204. The summed E-state index contributed by atoms with van der Waals surface area (Å²) in [4.78, 5) is 15.0. The number of hydrogen-bond acceptors (Lipinski definition) is 4. The lowest BCUT2D eigenvalue weighted by Gasteiger charge is -2.06. The zero-order chi connectivity index (χ0) is 10.6. The van der Waals surface area contributed by atoms with Crippen LogP contribution in [0.5, 0.6) is 5.88 Å². The first-order valence-electron chi connectivity index (χ1n) is 3.93. The van der Waals surface area contributed by atoms with Crippen molar-refractivity contribution < 1.29 is 14.3 Å². The van der Waals surface area contributed by atoms with Crippen LogP contribution in [0.2, 0.25) is 0 Å². The van der Waals surface area contributed by atoms with Crippen molar-refractivity contribution in [1.29, 1.82) is 0 Å². The summed E-state index contributed by atoms with van der Waals surface area (Å²) in [6, 6.07) is 1.74. The predicted octanol–water partition coefficient (Wildman–Crippen LogP) is 1.57. The first-order chi connectivity index (χ1) is 6.69. The SMILES string of the molecule is COC(=O)Cc1ccnc(OC)c1Br. The van der Waals surface area contributed by atoms with E-state index in [1.54, 1.807) is 12.3 Å². The molecule has 1 heterocycles. The Balaban J connectivity index is 2.92. The molecule has 0 unspecified atom stereocenters. The molecular formula is C9H10BrNO3. The minimum atomic E-state index is -0.293. The fourth-order valence-electron chi connectivity index (χ4n) is 0.969. The number of hydrogen-bond donors (Lipinski definition) is 0. The molecule has 0 aliphatic rings. The van der Waals surface area contributed by atoms with Gasteiger partial charge in [0.1, 0.15) is 0 Å². The maximum absolute atomic E-state index is 11.0. The molecule has 1 aromatic heterocycles. The van der Waals surface area contributed by atoms with E-state index in [1.807, 2.05) is 0 Å². The Morgan fingerprint density at radius 1 is 1.57 bits per heavy atom. The molecule has 4 nitrogen and oxygen atoms in total. The molecule has 0 saturated carbocycles. The van der Waals surface area contributed by atoms with Gasteiger partial charge in [0.15, 0.2) is 0 Å². The third kappa shape index (κ3) is 2.45. The van der Waals surface area contributed by atoms with E-state index in [9.17, 15) is 4.79 Å². The summed E-state index contributed by atoms with van der Waals surface area (Å²) in [6.45, 7) is 0. The van der Waals surface area contributed by atoms with Gasteiger partial charge in [-0.05, 0) is 27.6 Å². The van der Waals surface area contributed by atoms with Crippen molar-refractivity contribution in [3.8, 4) is 5.88 Å². The lowest BCUT2D eigenvalue weighted by atomic mass is 10.2. The van der Waals surface area contributed by atoms with Crippen LogP contribution < -0.4 is 4.74 Å². The number of halogens is 1. The number of esters is 1. The highest BCUT2D eigenvalue weighted by molar-refractivity contribution is 9.10. The highest BCUT2D eigenvalue weighted by atomic mass is 79.9. The number of carbonyl (C=O) groups excluding carboxylic acids is 1. The maximum atomic E-state index is 11.0. The molecule has 0 N–H and O–H groups in total. The summed E-state index contributed by atoms with van der Waals surface area (Å²) in [5.74, 6) is 0.172. The molecule has 5 heteroatoms. The average molecular weight is 260 g/mol. The molecule has 0 aromatic carbocycles. The average Bonchev–Trinajstić information content (AvgIpc) is 2.21. The number of aromatic nitrogens is 1. The van der Waals surface area contributed by atoms with Crippen molar-refractivity contribution in [3.63, 3.8) is 0 Å². The smallest absolute Gasteiger partial charge is 0.310 e. The Kier molecular flexibility index (Phi) is 3.88. The van der Waals surface area contributed by atoms with Gasteiger partial charge in [0.25, 0.3) is 0 Å². The van der Waals surface area contributed by atoms with Gasteiger partial charge in [-0.2, -0.15) is 0 Å². The van der Waals surface area contributed by atoms with Crippen LogP contribution in [0.4, 0.5) is 0 Å². The van der Waals surface area contributed by atoms with E-state index in [4.69, 9.17) is 4.74 Å². The number of rotatable bonds is 3. The number of carbonyl (C=O) groups is 1. The van der Waals surface area contributed by atoms with E-state index in [-0.39, 0.29) is 12.4 Å². The Hall–Kier alpha value is -1.10. The highest BCUT2D eigenvalue weighted by Crippen LogP contribution is 2.26. The molecule has 0 bridgehead atoms. The van der Waals surface area contributed by atoms with E-state index >= 15 is 0 Å². The minimum Gasteiger partial charge on any atom is -0.480 e. The standard InChI is InChI=1S/C9H10BrNO3/c1-13-7(12)5-6-3-4-11-9(14-2)8(6)10/h3-4H,5H2,1-2H3. The fraction of sp³-hybridized carbons (Fsp3) is 0.333. The molecule has 0 aliphatic carbocycles. The summed E-state index contributed by atoms with van der Waals surface area (Å²) < 4.78 is 10.2. The first kappa shape index (κ1) is 11.0. The lowest BCUT2D eigenvalue weighted by Crippen LogP contribution is -2.05. The largest absolute Gasteiger partial charge is 0.480 e. The molecule has 0 atom stereocenters. The normalized spacial score (nSPS) is 9.64. The van der Waals surface area contributed by atoms with Crippen molar-refractivity contribution in [2.45, 2.75) is 6.42 Å². The van der Waals surface area contributed by atoms with E-state index in [2.05, 4.69) is 25.7 Å². The molecule has 76 valence electrons. The second kappa shape index (κ2) is 4.95. The first-order valence-corrected chi connectivity index (χ1v) is 4.72. The van der Waals surface area contributed by atoms with Gasteiger partial charge in [-0.25, -0.2) is 4.98 Å². The Morgan fingerprint density at radius 2 is 2.29 bits per heavy atom. The summed E-state index contributed by atoms with van der Waals surface area (Å²) in [7, 11) is 2.88. The zero-order valence-electron chi connectivity index (χ0n) is 7.91. The number of nitrogens with zero attached hydrogens (tertiary/aromatic N) is 1. The molecule has 1 rings (SSSR count). The van der Waals surface area contributed by atoms with Gasteiger partial charge in [0.2, 0.25) is 5.88 Å². The van der Waals surface area contributed by atoms with Gasteiger partial charge in [0.05, 0.1) is 25.1 Å². The van der Waals surface area contributed by atoms with Crippen LogP contribution in [0, 0.1) is 0 Å². The molecule has 14 heavy (non-hydrogen) atoms. The van der Waals surface area contributed by atoms with Crippen molar-refractivity contribution >= 4 is 21.9 Å². The van der Waals surface area contributed by atoms with E-state index in [0.717, 1.165) is 5.56 Å². The molecule has 0 aliphatic heterocycles. The van der Waals surface area contributed by atoms with E-state index in [0.29, 0.717) is 10.4 Å². The highest BCUT2D eigenvalue weighted by Gasteiger charge is 2.10. The lowest BCUT2D eigenvalue weighted by molar-refractivity contribution is -0.139. The second-order valence-electron chi connectivity index (χ2n) is 2.55. The summed E-state index contributed by atoms with van der Waals surface area (Å²) in [5, 5.41) is 0. The molecular weight excluding hydrogens is 250 g/mol. The predicted molar refractivity (Wildman–Crippen MR) is 54.2 cm³/mol. The van der Waals surface area contributed by atoms with E-state index in [1.165, 1.54) is 14.2 Å². The van der Waals surface area contributed by atoms with Gasteiger partial charge in [-0.15, -0.1) is 0 Å². The van der Waals surface area contributed by atoms with Crippen molar-refractivity contribution in [1.82, 2.24) is 4.98 Å². The number of pyridine rings is 1. The van der Waals surface area contributed by atoms with Gasteiger partial charge in [0, 0.05) is 6.20 Å². The Bertz CT molecular complexity index is 341. The van der Waals surface area contributed by atoms with Gasteiger partial charge >= 0.3 is 5.97 Å². The molecule has 1 aromatic rings. The van der Waals surface area contributed by atoms with Crippen molar-refractivity contribution in [2.24, 2.45) is 0 Å². The van der Waals surface area contributed by atoms with Crippen LogP contribution in [0.15, 0.2) is 16.7 Å². The van der Waals surface area contributed by atoms with Crippen LogP contribution in [-0.2, 0) is 16.0 Å². The number of methoxy groups -OCH3 is 2. The molecule has 0 spiro atoms. The Labute approximate surface area is 90.4 Å². The van der Waals surface area contributed by atoms with Gasteiger partial charge in [-0.1, -0.05) is 0 Å². The van der Waals surface area contributed by atoms with Crippen LogP contribution >= 0.6 is 15.9 Å². The van der Waals surface area contributed by atoms with Gasteiger partial charge < -0.3 is 9.47 Å². The Morgan fingerprint density at radius 3 is 2.86 bits per heavy atom. The summed E-state index contributed by atoms with van der Waals surface area (Å²) in [6.07, 6.45) is 1.79. The van der Waals surface area contributed by atoms with Crippen LogP contribution in [0.25, 0.3) is 0 Å². The fourth-order valence-corrected chi connectivity index (χ4v) is 1.51. The topological polar surface area (TPSA) is 48.4 Å². The van der Waals surface area contributed by atoms with E-state index < -0.39 is 0 Å². The third-order valence-corrected chi connectivity index (χ3v) is 2.54. The maximum Gasteiger partial charge on any atom is 0.310 e. The van der Waals surface area contributed by atoms with Gasteiger partial charge in [-0.3, -0.25) is 4.79 Å². The van der Waals surface area contributed by atoms with Crippen molar-refractivity contribution in [2.75, 3.05) is 14.2 Å². The second-order valence-corrected chi connectivity index (χ2v) is 3.34. The van der Waals surface area contributed by atoms with Crippen LogP contribution in [-0.4, -0.2) is 25.2 Å². The third-order valence-electron chi connectivity index (χ3n) is 1.69. The van der Waals surface area contributed by atoms with Crippen LogP contribution in [0.3, 0.4) is 0 Å². The van der Waals surface area contributed by atoms with Crippen molar-refractivity contribution in [3.05, 3.63) is 22.3 Å². The molecule has 0 fully saturated rings. The molecule has 0 saturated heterocycles. The quantitative estimate of drug-likeness (QED) is 0.774. The zero-order valence-corrected chi connectivity index (χ0v) is 9.50. The molecule has 0 radical (unpaired) electrons. The molecule has 0 amide bonds. The van der Waals surface area contributed by atoms with Crippen LogP contribution in [0.1, 0.15) is 5.56 Å². The summed E-state index contributed by atoms with van der Waals surface area (Å²) >= 11 is 3.30.